The second-order valence-electron chi connectivity index (χ2n) is 7.03. The molecular formula is C22H29IN6O2S. The average Bonchev–Trinajstić information content (AvgIpc) is 3.28. The van der Waals surface area contributed by atoms with E-state index in [0.29, 0.717) is 25.6 Å². The number of aliphatic imine (C=N–C) groups is 1. The Morgan fingerprint density at radius 2 is 1.72 bits per heavy atom. The van der Waals surface area contributed by atoms with E-state index >= 15 is 0 Å². The maximum Gasteiger partial charge on any atom is 0.215 e. The predicted octanol–water partition coefficient (Wildman–Crippen LogP) is 2.46. The lowest BCUT2D eigenvalue weighted by Gasteiger charge is -2.15. The molecule has 32 heavy (non-hydrogen) atoms. The van der Waals surface area contributed by atoms with Gasteiger partial charge in [-0.3, -0.25) is 9.67 Å². The molecule has 0 bridgehead atoms. The number of sulfonamides is 1. The van der Waals surface area contributed by atoms with Crippen LogP contribution in [0.1, 0.15) is 22.3 Å². The molecule has 2 aromatic carbocycles. The zero-order valence-corrected chi connectivity index (χ0v) is 21.3. The Bertz CT molecular complexity index is 1120. The number of rotatable bonds is 9. The van der Waals surface area contributed by atoms with Gasteiger partial charge in [0.25, 0.3) is 0 Å². The molecule has 0 aliphatic carbocycles. The molecule has 0 amide bonds. The first-order valence-electron chi connectivity index (χ1n) is 9.97. The van der Waals surface area contributed by atoms with E-state index in [1.807, 2.05) is 53.3 Å². The molecule has 3 N–H and O–H groups in total. The molecule has 10 heteroatoms. The zero-order chi connectivity index (χ0) is 22.1. The predicted molar refractivity (Wildman–Crippen MR) is 138 cm³/mol. The van der Waals surface area contributed by atoms with Crippen LogP contribution in [0.25, 0.3) is 0 Å². The third kappa shape index (κ3) is 7.92. The summed E-state index contributed by atoms with van der Waals surface area (Å²) in [5.74, 6) is 0.624. The van der Waals surface area contributed by atoms with Crippen LogP contribution in [0.3, 0.4) is 0 Å². The van der Waals surface area contributed by atoms with Gasteiger partial charge in [-0.15, -0.1) is 24.0 Å². The molecule has 0 aliphatic heterocycles. The summed E-state index contributed by atoms with van der Waals surface area (Å²) in [6.45, 7) is 1.86. The maximum absolute atomic E-state index is 11.8. The molecule has 1 heterocycles. The van der Waals surface area contributed by atoms with Crippen LogP contribution in [0.15, 0.2) is 72.0 Å². The van der Waals surface area contributed by atoms with Crippen LogP contribution in [0.5, 0.6) is 0 Å². The number of halogens is 1. The van der Waals surface area contributed by atoms with Crippen molar-refractivity contribution in [2.45, 2.75) is 25.4 Å². The van der Waals surface area contributed by atoms with Crippen LogP contribution < -0.4 is 15.4 Å². The Labute approximate surface area is 206 Å². The lowest BCUT2D eigenvalue weighted by molar-refractivity contribution is 0.587. The van der Waals surface area contributed by atoms with Crippen molar-refractivity contribution in [3.8, 4) is 0 Å². The van der Waals surface area contributed by atoms with Gasteiger partial charge in [0, 0.05) is 32.5 Å². The molecule has 0 saturated carbocycles. The minimum Gasteiger partial charge on any atom is -0.352 e. The van der Waals surface area contributed by atoms with Crippen molar-refractivity contribution in [3.05, 3.63) is 89.2 Å². The van der Waals surface area contributed by atoms with Gasteiger partial charge in [-0.25, -0.2) is 13.1 Å². The Kier molecular flexibility index (Phi) is 10.1. The summed E-state index contributed by atoms with van der Waals surface area (Å²) in [5, 5.41) is 10.9. The summed E-state index contributed by atoms with van der Waals surface area (Å²) in [5.41, 5.74) is 4.07. The monoisotopic (exact) mass is 568 g/mol. The fourth-order valence-corrected chi connectivity index (χ4v) is 3.92. The highest BCUT2D eigenvalue weighted by Crippen LogP contribution is 2.11. The van der Waals surface area contributed by atoms with Crippen molar-refractivity contribution >= 4 is 40.0 Å². The number of nitrogens with zero attached hydrogens (tertiary/aromatic N) is 3. The van der Waals surface area contributed by atoms with Crippen molar-refractivity contribution in [2.24, 2.45) is 4.99 Å². The Balaban J connectivity index is 0.00000363. The highest BCUT2D eigenvalue weighted by molar-refractivity contribution is 14.0. The average molecular weight is 568 g/mol. The van der Waals surface area contributed by atoms with Gasteiger partial charge >= 0.3 is 0 Å². The Morgan fingerprint density at radius 1 is 1.00 bits per heavy atom. The van der Waals surface area contributed by atoms with Crippen molar-refractivity contribution in [1.82, 2.24) is 25.1 Å². The van der Waals surface area contributed by atoms with Gasteiger partial charge in [0.1, 0.15) is 0 Å². The first-order chi connectivity index (χ1) is 15.0. The van der Waals surface area contributed by atoms with Crippen molar-refractivity contribution in [1.29, 1.82) is 0 Å². The van der Waals surface area contributed by atoms with Gasteiger partial charge in [0.2, 0.25) is 10.0 Å². The Hall–Kier alpha value is -2.44. The molecule has 0 fully saturated rings. The van der Waals surface area contributed by atoms with Crippen LogP contribution in [-0.2, 0) is 35.4 Å². The number of benzene rings is 2. The van der Waals surface area contributed by atoms with E-state index in [2.05, 4.69) is 37.6 Å². The number of guanidine groups is 1. The normalized spacial score (nSPS) is 11.6. The Morgan fingerprint density at radius 3 is 2.41 bits per heavy atom. The van der Waals surface area contributed by atoms with Gasteiger partial charge in [-0.1, -0.05) is 48.5 Å². The molecule has 1 aromatic heterocycles. The van der Waals surface area contributed by atoms with E-state index in [0.717, 1.165) is 11.1 Å². The van der Waals surface area contributed by atoms with E-state index in [4.69, 9.17) is 0 Å². The quantitative estimate of drug-likeness (QED) is 0.209. The molecule has 0 spiro atoms. The lowest BCUT2D eigenvalue weighted by atomic mass is 10.1. The SMILES string of the molecule is CN=C(NCc1cccc(CS(=O)(=O)NC)c1)NCc1ccccc1Cn1cccn1.I. The summed E-state index contributed by atoms with van der Waals surface area (Å²) in [4.78, 5) is 4.29. The molecule has 0 radical (unpaired) electrons. The van der Waals surface area contributed by atoms with Crippen molar-refractivity contribution < 1.29 is 8.42 Å². The first-order valence-corrected chi connectivity index (χ1v) is 11.6. The van der Waals surface area contributed by atoms with E-state index in [9.17, 15) is 8.42 Å². The zero-order valence-electron chi connectivity index (χ0n) is 18.2. The number of hydrogen-bond donors (Lipinski definition) is 3. The van der Waals surface area contributed by atoms with E-state index < -0.39 is 10.0 Å². The van der Waals surface area contributed by atoms with Gasteiger partial charge in [-0.2, -0.15) is 5.10 Å². The lowest BCUT2D eigenvalue weighted by Crippen LogP contribution is -2.36. The third-order valence-corrected chi connectivity index (χ3v) is 6.13. The van der Waals surface area contributed by atoms with Gasteiger partial charge in [-0.05, 0) is 35.4 Å². The second-order valence-corrected chi connectivity index (χ2v) is 8.96. The summed E-state index contributed by atoms with van der Waals surface area (Å²) < 4.78 is 27.8. The fourth-order valence-electron chi connectivity index (χ4n) is 3.16. The molecule has 8 nitrogen and oxygen atoms in total. The van der Waals surface area contributed by atoms with Gasteiger partial charge in [0.05, 0.1) is 12.3 Å². The second kappa shape index (κ2) is 12.6. The fraction of sp³-hybridized carbons (Fsp3) is 0.273. The van der Waals surface area contributed by atoms with Crippen molar-refractivity contribution in [2.75, 3.05) is 14.1 Å². The van der Waals surface area contributed by atoms with Gasteiger partial charge < -0.3 is 10.6 Å². The van der Waals surface area contributed by atoms with Crippen LogP contribution in [0, 0.1) is 0 Å². The highest BCUT2D eigenvalue weighted by Gasteiger charge is 2.09. The molecule has 3 aromatic rings. The number of hydrogen-bond acceptors (Lipinski definition) is 4. The van der Waals surface area contributed by atoms with E-state index in [1.54, 1.807) is 13.2 Å². The third-order valence-electron chi connectivity index (χ3n) is 4.80. The van der Waals surface area contributed by atoms with Crippen LogP contribution in [0.4, 0.5) is 0 Å². The molecule has 0 saturated heterocycles. The standard InChI is InChI=1S/C22H28N6O2S.HI/c1-23-22(25-14-18-7-5-8-19(13-18)17-31(29,30)24-2)26-15-20-9-3-4-10-21(20)16-28-12-6-11-27-28;/h3-13,24H,14-17H2,1-2H3,(H2,23,25,26);1H. The maximum atomic E-state index is 11.8. The first kappa shape index (κ1) is 25.8. The topological polar surface area (TPSA) is 100 Å². The molecule has 0 atom stereocenters. The molecule has 0 unspecified atom stereocenters. The van der Waals surface area contributed by atoms with E-state index in [-0.39, 0.29) is 29.7 Å². The summed E-state index contributed by atoms with van der Waals surface area (Å²) in [7, 11) is -0.157. The van der Waals surface area contributed by atoms with Crippen molar-refractivity contribution in [3.63, 3.8) is 0 Å². The minimum absolute atomic E-state index is 0. The molecule has 172 valence electrons. The van der Waals surface area contributed by atoms with Crippen LogP contribution >= 0.6 is 24.0 Å². The largest absolute Gasteiger partial charge is 0.352 e. The van der Waals surface area contributed by atoms with Crippen LogP contribution in [0.2, 0.25) is 0 Å². The molecule has 3 rings (SSSR count). The summed E-state index contributed by atoms with van der Waals surface area (Å²) >= 11 is 0. The molecular weight excluding hydrogens is 539 g/mol. The smallest absolute Gasteiger partial charge is 0.215 e. The van der Waals surface area contributed by atoms with Gasteiger partial charge in [0.15, 0.2) is 5.96 Å². The minimum atomic E-state index is -3.30. The highest BCUT2D eigenvalue weighted by atomic mass is 127. The van der Waals surface area contributed by atoms with E-state index in [1.165, 1.54) is 18.2 Å². The number of aromatic nitrogens is 2. The summed E-state index contributed by atoms with van der Waals surface area (Å²) in [6.07, 6.45) is 3.72. The number of nitrogens with one attached hydrogen (secondary N) is 3. The van der Waals surface area contributed by atoms with Crippen LogP contribution in [-0.4, -0.2) is 38.3 Å². The molecule has 0 aliphatic rings. The summed E-state index contributed by atoms with van der Waals surface area (Å²) in [6, 6.07) is 17.6.